The summed E-state index contributed by atoms with van der Waals surface area (Å²) in [4.78, 5) is 10.9. The lowest BCUT2D eigenvalue weighted by Gasteiger charge is -2.03. The molecule has 0 atom stereocenters. The first-order valence-corrected chi connectivity index (χ1v) is 5.95. The molecule has 2 aromatic rings. The van der Waals surface area contributed by atoms with Crippen LogP contribution in [-0.4, -0.2) is 10.5 Å². The van der Waals surface area contributed by atoms with Gasteiger partial charge in [-0.2, -0.15) is 0 Å². The maximum Gasteiger partial charge on any atom is 0.241 e. The number of hydrogen-bond acceptors (Lipinski definition) is 1. The number of primary amides is 1. The van der Waals surface area contributed by atoms with Gasteiger partial charge in [0.1, 0.15) is 0 Å². The molecule has 18 heavy (non-hydrogen) atoms. The predicted molar refractivity (Wildman–Crippen MR) is 75.4 cm³/mol. The molecular weight excluding hydrogens is 224 g/mol. The Hall–Kier alpha value is -2.03. The maximum absolute atomic E-state index is 10.9. The minimum atomic E-state index is -0.421. The average molecular weight is 242 g/mol. The van der Waals surface area contributed by atoms with E-state index in [-0.39, 0.29) is 0 Å². The number of nitrogens with two attached hydrogens (primary N) is 1. The standard InChI is InChI=1S/C15H18N2O/c1-9-7-10(2)15-13(8-9)12(5-6-14(16)18)11(3)17(15)4/h5-8H,1-4H3,(H2,16,18)/b6-5+. The van der Waals surface area contributed by atoms with Gasteiger partial charge in [0.05, 0.1) is 5.52 Å². The van der Waals surface area contributed by atoms with Gasteiger partial charge in [0.15, 0.2) is 0 Å². The molecule has 0 fully saturated rings. The lowest BCUT2D eigenvalue weighted by molar-refractivity contribution is -0.113. The second-order valence-corrected chi connectivity index (χ2v) is 4.77. The summed E-state index contributed by atoms with van der Waals surface area (Å²) < 4.78 is 2.16. The molecule has 3 nitrogen and oxygen atoms in total. The number of amides is 1. The Morgan fingerprint density at radius 1 is 1.28 bits per heavy atom. The lowest BCUT2D eigenvalue weighted by Crippen LogP contribution is -2.05. The molecule has 0 spiro atoms. The normalized spacial score (nSPS) is 11.6. The van der Waals surface area contributed by atoms with Gasteiger partial charge in [0.25, 0.3) is 0 Å². The first-order chi connectivity index (χ1) is 8.41. The van der Waals surface area contributed by atoms with Gasteiger partial charge < -0.3 is 10.3 Å². The highest BCUT2D eigenvalue weighted by molar-refractivity contribution is 5.98. The van der Waals surface area contributed by atoms with E-state index in [2.05, 4.69) is 37.5 Å². The van der Waals surface area contributed by atoms with E-state index in [9.17, 15) is 4.79 Å². The predicted octanol–water partition coefficient (Wildman–Crippen LogP) is 2.60. The van der Waals surface area contributed by atoms with E-state index >= 15 is 0 Å². The number of fused-ring (bicyclic) bond motifs is 1. The zero-order valence-electron chi connectivity index (χ0n) is 11.2. The first-order valence-electron chi connectivity index (χ1n) is 5.95. The molecular formula is C15H18N2O. The Morgan fingerprint density at radius 3 is 2.56 bits per heavy atom. The fourth-order valence-corrected chi connectivity index (χ4v) is 2.53. The number of aromatic nitrogens is 1. The topological polar surface area (TPSA) is 48.0 Å². The van der Waals surface area contributed by atoms with Crippen molar-refractivity contribution in [1.82, 2.24) is 4.57 Å². The first kappa shape index (κ1) is 12.4. The minimum absolute atomic E-state index is 0.421. The van der Waals surface area contributed by atoms with Crippen LogP contribution in [0.15, 0.2) is 18.2 Å². The Morgan fingerprint density at radius 2 is 1.94 bits per heavy atom. The zero-order chi connectivity index (χ0) is 13.4. The zero-order valence-corrected chi connectivity index (χ0v) is 11.2. The van der Waals surface area contributed by atoms with Crippen molar-refractivity contribution in [2.75, 3.05) is 0 Å². The molecule has 94 valence electrons. The van der Waals surface area contributed by atoms with Gasteiger partial charge in [-0.05, 0) is 38.5 Å². The molecule has 0 aliphatic carbocycles. The quantitative estimate of drug-likeness (QED) is 0.808. The Kier molecular flexibility index (Phi) is 2.99. The van der Waals surface area contributed by atoms with Gasteiger partial charge in [-0.1, -0.05) is 11.6 Å². The molecule has 3 heteroatoms. The number of benzene rings is 1. The number of aryl methyl sites for hydroxylation is 3. The van der Waals surface area contributed by atoms with E-state index in [1.165, 1.54) is 28.1 Å². The summed E-state index contributed by atoms with van der Waals surface area (Å²) in [5, 5.41) is 1.17. The Bertz CT molecular complexity index is 663. The van der Waals surface area contributed by atoms with Crippen LogP contribution in [0, 0.1) is 20.8 Å². The van der Waals surface area contributed by atoms with Gasteiger partial charge in [0, 0.05) is 29.8 Å². The van der Waals surface area contributed by atoms with Crippen LogP contribution in [0.4, 0.5) is 0 Å². The van der Waals surface area contributed by atoms with E-state index in [0.717, 1.165) is 11.3 Å². The largest absolute Gasteiger partial charge is 0.366 e. The molecule has 1 amide bonds. The fraction of sp³-hybridized carbons (Fsp3) is 0.267. The molecule has 0 unspecified atom stereocenters. The summed E-state index contributed by atoms with van der Waals surface area (Å²) >= 11 is 0. The third-order valence-electron chi connectivity index (χ3n) is 3.38. The van der Waals surface area contributed by atoms with Crippen molar-refractivity contribution in [2.24, 2.45) is 12.8 Å². The van der Waals surface area contributed by atoms with E-state index in [1.54, 1.807) is 6.08 Å². The van der Waals surface area contributed by atoms with Crippen LogP contribution < -0.4 is 5.73 Å². The van der Waals surface area contributed by atoms with Crippen LogP contribution in [0.5, 0.6) is 0 Å². The van der Waals surface area contributed by atoms with Crippen molar-refractivity contribution >= 4 is 22.9 Å². The van der Waals surface area contributed by atoms with Gasteiger partial charge in [-0.15, -0.1) is 0 Å². The highest BCUT2D eigenvalue weighted by atomic mass is 16.1. The number of carbonyl (C=O) groups excluding carboxylic acids is 1. The number of carbonyl (C=O) groups is 1. The molecule has 0 radical (unpaired) electrons. The minimum Gasteiger partial charge on any atom is -0.366 e. The monoisotopic (exact) mass is 242 g/mol. The fourth-order valence-electron chi connectivity index (χ4n) is 2.53. The Labute approximate surface area is 107 Å². The average Bonchev–Trinajstić information content (AvgIpc) is 2.49. The van der Waals surface area contributed by atoms with Crippen LogP contribution in [0.25, 0.3) is 17.0 Å². The summed E-state index contributed by atoms with van der Waals surface area (Å²) in [6, 6.07) is 4.32. The van der Waals surface area contributed by atoms with Crippen LogP contribution in [-0.2, 0) is 11.8 Å². The van der Waals surface area contributed by atoms with Crippen LogP contribution in [0.2, 0.25) is 0 Å². The Balaban J connectivity index is 2.81. The molecule has 0 bridgehead atoms. The molecule has 0 saturated carbocycles. The molecule has 2 rings (SSSR count). The van der Waals surface area contributed by atoms with Crippen molar-refractivity contribution in [3.05, 3.63) is 40.6 Å². The molecule has 0 aliphatic rings. The third-order valence-corrected chi connectivity index (χ3v) is 3.38. The summed E-state index contributed by atoms with van der Waals surface area (Å²) in [5.74, 6) is -0.421. The molecule has 0 aliphatic heterocycles. The number of hydrogen-bond donors (Lipinski definition) is 1. The molecule has 2 N–H and O–H groups in total. The molecule has 1 aromatic heterocycles. The molecule has 0 saturated heterocycles. The molecule has 1 aromatic carbocycles. The summed E-state index contributed by atoms with van der Waals surface area (Å²) in [7, 11) is 2.04. The third kappa shape index (κ3) is 1.92. The summed E-state index contributed by atoms with van der Waals surface area (Å²) in [6.45, 7) is 6.24. The van der Waals surface area contributed by atoms with E-state index in [4.69, 9.17) is 5.73 Å². The SMILES string of the molecule is Cc1cc(C)c2c(c1)c(/C=C/C(N)=O)c(C)n2C. The molecule has 1 heterocycles. The van der Waals surface area contributed by atoms with Gasteiger partial charge >= 0.3 is 0 Å². The van der Waals surface area contributed by atoms with Crippen molar-refractivity contribution < 1.29 is 4.79 Å². The highest BCUT2D eigenvalue weighted by Crippen LogP contribution is 2.29. The van der Waals surface area contributed by atoms with Crippen molar-refractivity contribution in [3.63, 3.8) is 0 Å². The highest BCUT2D eigenvalue weighted by Gasteiger charge is 2.12. The maximum atomic E-state index is 10.9. The number of rotatable bonds is 2. The second kappa shape index (κ2) is 4.33. The number of nitrogens with zero attached hydrogens (tertiary/aromatic N) is 1. The van der Waals surface area contributed by atoms with Crippen LogP contribution in [0.3, 0.4) is 0 Å². The van der Waals surface area contributed by atoms with Crippen LogP contribution >= 0.6 is 0 Å². The smallest absolute Gasteiger partial charge is 0.241 e. The van der Waals surface area contributed by atoms with Crippen molar-refractivity contribution in [1.29, 1.82) is 0 Å². The van der Waals surface area contributed by atoms with E-state index in [1.807, 2.05) is 7.05 Å². The van der Waals surface area contributed by atoms with Gasteiger partial charge in [-0.25, -0.2) is 0 Å². The summed E-state index contributed by atoms with van der Waals surface area (Å²) in [5.41, 5.74) is 11.0. The van der Waals surface area contributed by atoms with E-state index in [0.29, 0.717) is 0 Å². The lowest BCUT2D eigenvalue weighted by atomic mass is 10.0. The van der Waals surface area contributed by atoms with Crippen molar-refractivity contribution in [3.8, 4) is 0 Å². The second-order valence-electron chi connectivity index (χ2n) is 4.77. The van der Waals surface area contributed by atoms with Gasteiger partial charge in [0.2, 0.25) is 5.91 Å². The van der Waals surface area contributed by atoms with E-state index < -0.39 is 5.91 Å². The van der Waals surface area contributed by atoms with Gasteiger partial charge in [-0.3, -0.25) is 4.79 Å². The van der Waals surface area contributed by atoms with Crippen molar-refractivity contribution in [2.45, 2.75) is 20.8 Å². The van der Waals surface area contributed by atoms with Crippen LogP contribution in [0.1, 0.15) is 22.4 Å². The summed E-state index contributed by atoms with van der Waals surface area (Å²) in [6.07, 6.45) is 3.22.